The second kappa shape index (κ2) is 6.44. The highest BCUT2D eigenvalue weighted by Crippen LogP contribution is 2.21. The topological polar surface area (TPSA) is 85.0 Å². The van der Waals surface area contributed by atoms with E-state index < -0.39 is 5.56 Å². The third kappa shape index (κ3) is 3.14. The fourth-order valence-electron chi connectivity index (χ4n) is 2.29. The van der Waals surface area contributed by atoms with Crippen LogP contribution in [-0.4, -0.2) is 22.7 Å². The smallest absolute Gasteiger partial charge is 0.285 e. The van der Waals surface area contributed by atoms with Crippen LogP contribution in [0.5, 0.6) is 5.75 Å². The SMILES string of the molecule is COc1ccc(C(C)=O)cc1Cn1nc(C)c(C)c(C#N)c1=O. The van der Waals surface area contributed by atoms with Gasteiger partial charge in [0.15, 0.2) is 5.78 Å². The maximum absolute atomic E-state index is 12.4. The molecule has 1 aromatic heterocycles. The molecule has 1 heterocycles. The molecule has 0 aliphatic carbocycles. The van der Waals surface area contributed by atoms with Gasteiger partial charge in [0.25, 0.3) is 5.56 Å². The van der Waals surface area contributed by atoms with Crippen LogP contribution in [0.25, 0.3) is 0 Å². The summed E-state index contributed by atoms with van der Waals surface area (Å²) in [4.78, 5) is 23.9. The van der Waals surface area contributed by atoms with Crippen LogP contribution >= 0.6 is 0 Å². The molecule has 23 heavy (non-hydrogen) atoms. The first-order chi connectivity index (χ1) is 10.9. The zero-order valence-corrected chi connectivity index (χ0v) is 13.5. The van der Waals surface area contributed by atoms with Gasteiger partial charge in [-0.25, -0.2) is 4.68 Å². The normalized spacial score (nSPS) is 10.2. The second-order valence-electron chi connectivity index (χ2n) is 5.24. The predicted octanol–water partition coefficient (Wildman–Crippen LogP) is 1.99. The van der Waals surface area contributed by atoms with Gasteiger partial charge in [0, 0.05) is 11.1 Å². The minimum absolute atomic E-state index is 0.0768. The highest BCUT2D eigenvalue weighted by atomic mass is 16.5. The van der Waals surface area contributed by atoms with Crippen molar-refractivity contribution in [2.45, 2.75) is 27.3 Å². The number of benzene rings is 1. The first-order valence-corrected chi connectivity index (χ1v) is 7.05. The summed E-state index contributed by atoms with van der Waals surface area (Å²) in [5.74, 6) is 0.479. The zero-order valence-electron chi connectivity index (χ0n) is 13.5. The fraction of sp³-hybridized carbons (Fsp3) is 0.294. The summed E-state index contributed by atoms with van der Waals surface area (Å²) >= 11 is 0. The van der Waals surface area contributed by atoms with Crippen molar-refractivity contribution in [3.63, 3.8) is 0 Å². The molecule has 2 rings (SSSR count). The molecule has 0 unspecified atom stereocenters. The van der Waals surface area contributed by atoms with Gasteiger partial charge in [-0.1, -0.05) is 0 Å². The van der Waals surface area contributed by atoms with Gasteiger partial charge in [-0.15, -0.1) is 0 Å². The first kappa shape index (κ1) is 16.4. The van der Waals surface area contributed by atoms with Crippen LogP contribution in [0.3, 0.4) is 0 Å². The number of carbonyl (C=O) groups excluding carboxylic acids is 1. The van der Waals surface area contributed by atoms with Gasteiger partial charge >= 0.3 is 0 Å². The van der Waals surface area contributed by atoms with E-state index in [4.69, 9.17) is 4.74 Å². The Morgan fingerprint density at radius 2 is 2.09 bits per heavy atom. The van der Waals surface area contributed by atoms with E-state index in [1.807, 2.05) is 6.07 Å². The highest BCUT2D eigenvalue weighted by Gasteiger charge is 2.14. The fourth-order valence-corrected chi connectivity index (χ4v) is 2.29. The lowest BCUT2D eigenvalue weighted by Crippen LogP contribution is -2.28. The lowest BCUT2D eigenvalue weighted by atomic mass is 10.1. The molecule has 6 heteroatoms. The van der Waals surface area contributed by atoms with Crippen molar-refractivity contribution in [1.82, 2.24) is 9.78 Å². The Hall–Kier alpha value is -2.94. The van der Waals surface area contributed by atoms with Gasteiger partial charge in [0.2, 0.25) is 0 Å². The number of aryl methyl sites for hydroxylation is 1. The van der Waals surface area contributed by atoms with Crippen LogP contribution < -0.4 is 10.3 Å². The van der Waals surface area contributed by atoms with Crippen molar-refractivity contribution in [2.75, 3.05) is 7.11 Å². The molecule has 0 saturated heterocycles. The van der Waals surface area contributed by atoms with Crippen LogP contribution in [0.15, 0.2) is 23.0 Å². The number of hydrogen-bond donors (Lipinski definition) is 0. The number of ether oxygens (including phenoxy) is 1. The average molecular weight is 311 g/mol. The van der Waals surface area contributed by atoms with Crippen LogP contribution in [0.1, 0.15) is 39.7 Å². The molecule has 6 nitrogen and oxygen atoms in total. The van der Waals surface area contributed by atoms with Crippen LogP contribution in [0.4, 0.5) is 0 Å². The average Bonchev–Trinajstić information content (AvgIpc) is 2.53. The Morgan fingerprint density at radius 1 is 1.39 bits per heavy atom. The molecule has 0 N–H and O–H groups in total. The van der Waals surface area contributed by atoms with E-state index in [1.165, 1.54) is 18.7 Å². The van der Waals surface area contributed by atoms with E-state index >= 15 is 0 Å². The van der Waals surface area contributed by atoms with Crippen LogP contribution in [-0.2, 0) is 6.54 Å². The summed E-state index contributed by atoms with van der Waals surface area (Å²) in [6.45, 7) is 5.04. The molecule has 0 bridgehead atoms. The van der Waals surface area contributed by atoms with E-state index in [2.05, 4.69) is 5.10 Å². The standard InChI is InChI=1S/C17H17N3O3/c1-10-11(2)19-20(17(22)15(10)8-18)9-14-7-13(12(3)21)5-6-16(14)23-4/h5-7H,9H2,1-4H3. The van der Waals surface area contributed by atoms with Crippen molar-refractivity contribution in [3.8, 4) is 11.8 Å². The summed E-state index contributed by atoms with van der Waals surface area (Å²) in [5, 5.41) is 13.4. The zero-order chi connectivity index (χ0) is 17.1. The molecule has 0 radical (unpaired) electrons. The maximum Gasteiger partial charge on any atom is 0.285 e. The molecule has 0 aliphatic heterocycles. The van der Waals surface area contributed by atoms with Gasteiger partial charge in [-0.3, -0.25) is 9.59 Å². The van der Waals surface area contributed by atoms with Crippen molar-refractivity contribution in [1.29, 1.82) is 5.26 Å². The minimum atomic E-state index is -0.453. The lowest BCUT2D eigenvalue weighted by Gasteiger charge is -2.12. The van der Waals surface area contributed by atoms with Crippen LogP contribution in [0.2, 0.25) is 0 Å². The number of rotatable bonds is 4. The molecule has 0 atom stereocenters. The second-order valence-corrected chi connectivity index (χ2v) is 5.24. The Balaban J connectivity index is 2.58. The molecular formula is C17H17N3O3. The number of ketones is 1. The number of aromatic nitrogens is 2. The first-order valence-electron chi connectivity index (χ1n) is 7.05. The summed E-state index contributed by atoms with van der Waals surface area (Å²) in [5.41, 5.74) is 2.01. The Bertz CT molecular complexity index is 876. The summed E-state index contributed by atoms with van der Waals surface area (Å²) < 4.78 is 6.51. The van der Waals surface area contributed by atoms with E-state index in [-0.39, 0.29) is 17.9 Å². The van der Waals surface area contributed by atoms with Crippen molar-refractivity contribution in [3.05, 3.63) is 56.5 Å². The third-order valence-electron chi connectivity index (χ3n) is 3.76. The molecule has 0 saturated carbocycles. The van der Waals surface area contributed by atoms with E-state index in [1.54, 1.807) is 32.0 Å². The number of nitriles is 1. The summed E-state index contributed by atoms with van der Waals surface area (Å²) in [7, 11) is 1.52. The van der Waals surface area contributed by atoms with Gasteiger partial charge in [0.05, 0.1) is 19.3 Å². The van der Waals surface area contributed by atoms with Crippen LogP contribution in [0, 0.1) is 25.2 Å². The number of methoxy groups -OCH3 is 1. The maximum atomic E-state index is 12.4. The number of hydrogen-bond acceptors (Lipinski definition) is 5. The molecule has 0 amide bonds. The molecule has 0 aliphatic rings. The van der Waals surface area contributed by atoms with Crippen molar-refractivity contribution >= 4 is 5.78 Å². The summed E-state index contributed by atoms with van der Waals surface area (Å²) in [6, 6.07) is 6.96. The summed E-state index contributed by atoms with van der Waals surface area (Å²) in [6.07, 6.45) is 0. The molecule has 0 fully saturated rings. The number of Topliss-reactive ketones (excluding diaryl/α,β-unsaturated/α-hetero) is 1. The van der Waals surface area contributed by atoms with Gasteiger partial charge in [-0.2, -0.15) is 10.4 Å². The molecule has 2 aromatic rings. The Kier molecular flexibility index (Phi) is 4.60. The van der Waals surface area contributed by atoms with Crippen molar-refractivity contribution < 1.29 is 9.53 Å². The largest absolute Gasteiger partial charge is 0.496 e. The predicted molar refractivity (Wildman–Crippen MR) is 84.8 cm³/mol. The van der Waals surface area contributed by atoms with E-state index in [0.29, 0.717) is 28.1 Å². The number of carbonyl (C=O) groups is 1. The quantitative estimate of drug-likeness (QED) is 0.806. The monoisotopic (exact) mass is 311 g/mol. The van der Waals surface area contributed by atoms with Crippen molar-refractivity contribution in [2.24, 2.45) is 0 Å². The van der Waals surface area contributed by atoms with E-state index in [0.717, 1.165) is 0 Å². The molecular weight excluding hydrogens is 294 g/mol. The Morgan fingerprint density at radius 3 is 2.65 bits per heavy atom. The van der Waals surface area contributed by atoms with Gasteiger partial charge in [-0.05, 0) is 44.5 Å². The third-order valence-corrected chi connectivity index (χ3v) is 3.76. The van der Waals surface area contributed by atoms with Gasteiger partial charge in [0.1, 0.15) is 17.4 Å². The molecule has 1 aromatic carbocycles. The highest BCUT2D eigenvalue weighted by molar-refractivity contribution is 5.94. The van der Waals surface area contributed by atoms with Gasteiger partial charge < -0.3 is 4.74 Å². The minimum Gasteiger partial charge on any atom is -0.496 e. The Labute approximate surface area is 133 Å². The molecule has 0 spiro atoms. The molecule has 118 valence electrons. The van der Waals surface area contributed by atoms with E-state index in [9.17, 15) is 14.9 Å². The number of nitrogens with zero attached hydrogens (tertiary/aromatic N) is 3. The lowest BCUT2D eigenvalue weighted by molar-refractivity contribution is 0.101.